The molecule has 1 rings (SSSR count). The van der Waals surface area contributed by atoms with Gasteiger partial charge in [0.25, 0.3) is 0 Å². The second-order valence-corrected chi connectivity index (χ2v) is 4.63. The highest BCUT2D eigenvalue weighted by Crippen LogP contribution is 2.29. The van der Waals surface area contributed by atoms with Crippen LogP contribution in [0.15, 0.2) is 0 Å². The van der Waals surface area contributed by atoms with Crippen LogP contribution in [-0.4, -0.2) is 26.8 Å². The molecule has 14 heavy (non-hydrogen) atoms. The maximum absolute atomic E-state index is 5.26. The Hall–Kier alpha value is -0.0800. The third-order valence-electron chi connectivity index (χ3n) is 3.60. The van der Waals surface area contributed by atoms with Gasteiger partial charge in [0.1, 0.15) is 0 Å². The topological polar surface area (TPSA) is 21.3 Å². The number of rotatable bonds is 4. The van der Waals surface area contributed by atoms with Gasteiger partial charge in [0, 0.05) is 19.8 Å². The third-order valence-corrected chi connectivity index (χ3v) is 3.60. The summed E-state index contributed by atoms with van der Waals surface area (Å²) >= 11 is 0. The Morgan fingerprint density at radius 2 is 2.00 bits per heavy atom. The van der Waals surface area contributed by atoms with Crippen molar-refractivity contribution < 1.29 is 4.74 Å². The minimum atomic E-state index is 0.690. The van der Waals surface area contributed by atoms with Gasteiger partial charge in [0.15, 0.2) is 0 Å². The zero-order valence-corrected chi connectivity index (χ0v) is 9.88. The van der Waals surface area contributed by atoms with Crippen LogP contribution in [0.5, 0.6) is 0 Å². The van der Waals surface area contributed by atoms with Crippen LogP contribution in [0.2, 0.25) is 0 Å². The van der Waals surface area contributed by atoms with Gasteiger partial charge >= 0.3 is 0 Å². The fourth-order valence-corrected chi connectivity index (χ4v) is 2.76. The molecule has 0 heterocycles. The lowest BCUT2D eigenvalue weighted by atomic mass is 9.84. The van der Waals surface area contributed by atoms with Crippen LogP contribution in [0.4, 0.5) is 0 Å². The number of nitrogens with one attached hydrogen (secondary N) is 1. The number of methoxy groups -OCH3 is 1. The first-order chi connectivity index (χ1) is 6.79. The molecular weight excluding hydrogens is 174 g/mol. The summed E-state index contributed by atoms with van der Waals surface area (Å²) in [5, 5.41) is 3.48. The summed E-state index contributed by atoms with van der Waals surface area (Å²) in [7, 11) is 3.91. The summed E-state index contributed by atoms with van der Waals surface area (Å²) in [6, 6.07) is 0.711. The van der Waals surface area contributed by atoms with E-state index in [1.165, 1.54) is 32.1 Å². The highest BCUT2D eigenvalue weighted by atomic mass is 16.5. The number of hydrogen-bond donors (Lipinski definition) is 1. The van der Waals surface area contributed by atoms with E-state index in [1.807, 2.05) is 7.11 Å². The summed E-state index contributed by atoms with van der Waals surface area (Å²) in [6.07, 6.45) is 6.91. The predicted molar refractivity (Wildman–Crippen MR) is 60.5 cm³/mol. The molecule has 0 amide bonds. The van der Waals surface area contributed by atoms with E-state index in [1.54, 1.807) is 0 Å². The molecule has 0 aromatic heterocycles. The lowest BCUT2D eigenvalue weighted by Gasteiger charge is -2.29. The lowest BCUT2D eigenvalue weighted by Crippen LogP contribution is -2.37. The summed E-state index contributed by atoms with van der Waals surface area (Å²) in [4.78, 5) is 0. The lowest BCUT2D eigenvalue weighted by molar-refractivity contribution is 0.112. The SMILES string of the molecule is CNC1CCCCCC1C(C)COC. The molecule has 0 aliphatic heterocycles. The molecule has 0 aromatic rings. The molecule has 1 aliphatic carbocycles. The normalized spacial score (nSPS) is 31.1. The van der Waals surface area contributed by atoms with Crippen molar-refractivity contribution in [3.63, 3.8) is 0 Å². The average Bonchev–Trinajstić information content (AvgIpc) is 2.42. The zero-order chi connectivity index (χ0) is 10.4. The molecule has 0 aromatic carbocycles. The van der Waals surface area contributed by atoms with Crippen molar-refractivity contribution in [2.24, 2.45) is 11.8 Å². The van der Waals surface area contributed by atoms with Crippen molar-refractivity contribution >= 4 is 0 Å². The van der Waals surface area contributed by atoms with Gasteiger partial charge in [0.2, 0.25) is 0 Å². The van der Waals surface area contributed by atoms with E-state index in [2.05, 4.69) is 19.3 Å². The largest absolute Gasteiger partial charge is 0.384 e. The van der Waals surface area contributed by atoms with E-state index in [0.717, 1.165) is 12.5 Å². The minimum absolute atomic E-state index is 0.690. The Bertz CT molecular complexity index is 149. The second-order valence-electron chi connectivity index (χ2n) is 4.63. The van der Waals surface area contributed by atoms with E-state index in [9.17, 15) is 0 Å². The molecule has 3 unspecified atom stereocenters. The Morgan fingerprint density at radius 3 is 2.64 bits per heavy atom. The fraction of sp³-hybridized carbons (Fsp3) is 1.00. The molecule has 0 radical (unpaired) electrons. The molecule has 2 nitrogen and oxygen atoms in total. The van der Waals surface area contributed by atoms with Crippen LogP contribution in [0, 0.1) is 11.8 Å². The third kappa shape index (κ3) is 3.25. The van der Waals surface area contributed by atoms with E-state index in [-0.39, 0.29) is 0 Å². The van der Waals surface area contributed by atoms with Crippen molar-refractivity contribution in [2.45, 2.75) is 45.1 Å². The fourth-order valence-electron chi connectivity index (χ4n) is 2.76. The summed E-state index contributed by atoms with van der Waals surface area (Å²) < 4.78 is 5.26. The molecule has 1 fully saturated rings. The highest BCUT2D eigenvalue weighted by Gasteiger charge is 2.26. The molecule has 1 saturated carbocycles. The molecule has 0 bridgehead atoms. The van der Waals surface area contributed by atoms with Crippen molar-refractivity contribution in [1.29, 1.82) is 0 Å². The van der Waals surface area contributed by atoms with Crippen LogP contribution in [-0.2, 0) is 4.74 Å². The van der Waals surface area contributed by atoms with Crippen LogP contribution in [0.1, 0.15) is 39.0 Å². The van der Waals surface area contributed by atoms with Gasteiger partial charge in [-0.25, -0.2) is 0 Å². The first-order valence-corrected chi connectivity index (χ1v) is 5.95. The Balaban J connectivity index is 2.50. The van der Waals surface area contributed by atoms with Gasteiger partial charge in [-0.3, -0.25) is 0 Å². The average molecular weight is 199 g/mol. The monoisotopic (exact) mass is 199 g/mol. The maximum Gasteiger partial charge on any atom is 0.0491 e. The van der Waals surface area contributed by atoms with Crippen LogP contribution in [0.25, 0.3) is 0 Å². The van der Waals surface area contributed by atoms with E-state index in [0.29, 0.717) is 12.0 Å². The Morgan fingerprint density at radius 1 is 1.29 bits per heavy atom. The highest BCUT2D eigenvalue weighted by molar-refractivity contribution is 4.81. The quantitative estimate of drug-likeness (QED) is 0.702. The van der Waals surface area contributed by atoms with Crippen molar-refractivity contribution in [3.05, 3.63) is 0 Å². The van der Waals surface area contributed by atoms with E-state index in [4.69, 9.17) is 4.74 Å². The second kappa shape index (κ2) is 6.41. The molecule has 0 spiro atoms. The van der Waals surface area contributed by atoms with Crippen molar-refractivity contribution in [1.82, 2.24) is 5.32 Å². The number of ether oxygens (including phenoxy) is 1. The Kier molecular flexibility index (Phi) is 5.49. The summed E-state index contributed by atoms with van der Waals surface area (Å²) in [5.41, 5.74) is 0. The van der Waals surface area contributed by atoms with Gasteiger partial charge in [-0.15, -0.1) is 0 Å². The molecular formula is C12H25NO. The molecule has 2 heteroatoms. The molecule has 3 atom stereocenters. The Labute approximate surface area is 88.4 Å². The van der Waals surface area contributed by atoms with Crippen LogP contribution >= 0.6 is 0 Å². The molecule has 0 saturated heterocycles. The minimum Gasteiger partial charge on any atom is -0.384 e. The van der Waals surface area contributed by atoms with Crippen LogP contribution < -0.4 is 5.32 Å². The van der Waals surface area contributed by atoms with Crippen molar-refractivity contribution in [3.8, 4) is 0 Å². The van der Waals surface area contributed by atoms with E-state index < -0.39 is 0 Å². The maximum atomic E-state index is 5.26. The smallest absolute Gasteiger partial charge is 0.0491 e. The number of hydrogen-bond acceptors (Lipinski definition) is 2. The van der Waals surface area contributed by atoms with Gasteiger partial charge in [0.05, 0.1) is 0 Å². The summed E-state index contributed by atoms with van der Waals surface area (Å²) in [6.45, 7) is 3.23. The van der Waals surface area contributed by atoms with Crippen molar-refractivity contribution in [2.75, 3.05) is 20.8 Å². The van der Waals surface area contributed by atoms with Crippen LogP contribution in [0.3, 0.4) is 0 Å². The molecule has 84 valence electrons. The first-order valence-electron chi connectivity index (χ1n) is 5.95. The van der Waals surface area contributed by atoms with Gasteiger partial charge in [-0.05, 0) is 31.7 Å². The molecule has 1 aliphatic rings. The predicted octanol–water partition coefficient (Wildman–Crippen LogP) is 2.44. The zero-order valence-electron chi connectivity index (χ0n) is 9.88. The van der Waals surface area contributed by atoms with Gasteiger partial charge in [-0.2, -0.15) is 0 Å². The van der Waals surface area contributed by atoms with Gasteiger partial charge < -0.3 is 10.1 Å². The summed E-state index contributed by atoms with van der Waals surface area (Å²) in [5.74, 6) is 1.50. The van der Waals surface area contributed by atoms with E-state index >= 15 is 0 Å². The standard InChI is InChI=1S/C12H25NO/c1-10(9-14-3)11-7-5-4-6-8-12(11)13-2/h10-13H,4-9H2,1-3H3. The first kappa shape index (κ1) is 12.0. The molecule has 1 N–H and O–H groups in total. The van der Waals surface area contributed by atoms with Gasteiger partial charge in [-0.1, -0.05) is 26.2 Å².